The predicted molar refractivity (Wildman–Crippen MR) is 98.6 cm³/mol. The Morgan fingerprint density at radius 2 is 1.96 bits per heavy atom. The molecule has 0 unspecified atom stereocenters. The highest BCUT2D eigenvalue weighted by Crippen LogP contribution is 2.26. The Morgan fingerprint density at radius 1 is 1.25 bits per heavy atom. The fourth-order valence-corrected chi connectivity index (χ4v) is 3.05. The highest BCUT2D eigenvalue weighted by atomic mass is 32.1. The minimum atomic E-state index is -0.398. The summed E-state index contributed by atoms with van der Waals surface area (Å²) >= 11 is 1.75. The first-order valence-electron chi connectivity index (χ1n) is 7.64. The quantitative estimate of drug-likeness (QED) is 0.364. The molecular formula is C17H22N4O2S. The van der Waals surface area contributed by atoms with Gasteiger partial charge >= 0.3 is 0 Å². The van der Waals surface area contributed by atoms with Gasteiger partial charge in [-0.25, -0.2) is 0 Å². The molecule has 0 spiro atoms. The number of nitro benzene ring substituents is 1. The fraction of sp³-hybridized carbons (Fsp3) is 0.353. The zero-order valence-electron chi connectivity index (χ0n) is 14.1. The van der Waals surface area contributed by atoms with Crippen LogP contribution in [0.2, 0.25) is 0 Å². The van der Waals surface area contributed by atoms with E-state index in [-0.39, 0.29) is 11.1 Å². The molecular weight excluding hydrogens is 324 g/mol. The zero-order valence-corrected chi connectivity index (χ0v) is 14.9. The van der Waals surface area contributed by atoms with Crippen LogP contribution >= 0.6 is 11.3 Å². The predicted octanol–water partition coefficient (Wildman–Crippen LogP) is 3.30. The summed E-state index contributed by atoms with van der Waals surface area (Å²) < 4.78 is 0. The SMILES string of the molecule is CN=C(NCc1ccc([N+](=O)[O-])cc1)NCC(C)(C)c1cccs1. The van der Waals surface area contributed by atoms with E-state index in [9.17, 15) is 10.1 Å². The van der Waals surface area contributed by atoms with Gasteiger partial charge in [0.15, 0.2) is 5.96 Å². The summed E-state index contributed by atoms with van der Waals surface area (Å²) in [6.45, 7) is 5.69. The Kier molecular flexibility index (Phi) is 5.92. The maximum atomic E-state index is 10.7. The molecule has 0 aliphatic heterocycles. The van der Waals surface area contributed by atoms with Crippen LogP contribution in [0.4, 0.5) is 5.69 Å². The first-order chi connectivity index (χ1) is 11.4. The van der Waals surface area contributed by atoms with Crippen LogP contribution in [0.3, 0.4) is 0 Å². The van der Waals surface area contributed by atoms with Gasteiger partial charge in [-0.1, -0.05) is 32.0 Å². The van der Waals surface area contributed by atoms with Gasteiger partial charge in [0.05, 0.1) is 4.92 Å². The number of non-ortho nitro benzene ring substituents is 1. The van der Waals surface area contributed by atoms with Crippen molar-refractivity contribution in [1.29, 1.82) is 0 Å². The summed E-state index contributed by atoms with van der Waals surface area (Å²) in [5, 5.41) is 19.3. The normalized spacial score (nSPS) is 12.0. The monoisotopic (exact) mass is 346 g/mol. The van der Waals surface area contributed by atoms with Crippen molar-refractivity contribution in [2.24, 2.45) is 4.99 Å². The molecule has 7 heteroatoms. The first-order valence-corrected chi connectivity index (χ1v) is 8.52. The number of thiophene rings is 1. The Labute approximate surface area is 145 Å². The van der Waals surface area contributed by atoms with E-state index in [4.69, 9.17) is 0 Å². The molecule has 6 nitrogen and oxygen atoms in total. The van der Waals surface area contributed by atoms with Crippen molar-refractivity contribution in [2.45, 2.75) is 25.8 Å². The Bertz CT molecular complexity index is 694. The fourth-order valence-electron chi connectivity index (χ4n) is 2.20. The van der Waals surface area contributed by atoms with E-state index in [1.165, 1.54) is 17.0 Å². The van der Waals surface area contributed by atoms with Gasteiger partial charge in [0.2, 0.25) is 0 Å². The van der Waals surface area contributed by atoms with Gasteiger partial charge in [-0.05, 0) is 17.0 Å². The molecule has 24 heavy (non-hydrogen) atoms. The van der Waals surface area contributed by atoms with E-state index in [2.05, 4.69) is 47.0 Å². The molecule has 2 rings (SSSR count). The average Bonchev–Trinajstić information content (AvgIpc) is 3.11. The third kappa shape index (κ3) is 4.79. The third-order valence-corrected chi connectivity index (χ3v) is 4.95. The molecule has 1 heterocycles. The summed E-state index contributed by atoms with van der Waals surface area (Å²) in [5.74, 6) is 0.706. The van der Waals surface area contributed by atoms with E-state index in [1.807, 2.05) is 0 Å². The van der Waals surface area contributed by atoms with Crippen molar-refractivity contribution in [3.63, 3.8) is 0 Å². The van der Waals surface area contributed by atoms with E-state index >= 15 is 0 Å². The number of nitro groups is 1. The van der Waals surface area contributed by atoms with Crippen LogP contribution in [0.5, 0.6) is 0 Å². The lowest BCUT2D eigenvalue weighted by Crippen LogP contribution is -2.42. The Morgan fingerprint density at radius 3 is 2.50 bits per heavy atom. The molecule has 0 bridgehead atoms. The summed E-state index contributed by atoms with van der Waals surface area (Å²) in [6, 6.07) is 10.7. The maximum Gasteiger partial charge on any atom is 0.269 e. The second-order valence-electron chi connectivity index (χ2n) is 6.06. The summed E-state index contributed by atoms with van der Waals surface area (Å²) in [7, 11) is 1.73. The van der Waals surface area contributed by atoms with Gasteiger partial charge in [-0.2, -0.15) is 0 Å². The van der Waals surface area contributed by atoms with Gasteiger partial charge < -0.3 is 10.6 Å². The second-order valence-corrected chi connectivity index (χ2v) is 7.01. The van der Waals surface area contributed by atoms with Crippen molar-refractivity contribution in [1.82, 2.24) is 10.6 Å². The lowest BCUT2D eigenvalue weighted by atomic mass is 9.91. The highest BCUT2D eigenvalue weighted by Gasteiger charge is 2.21. The molecule has 2 N–H and O–H groups in total. The number of nitrogens with zero attached hydrogens (tertiary/aromatic N) is 2. The van der Waals surface area contributed by atoms with Gasteiger partial charge in [0.25, 0.3) is 5.69 Å². The summed E-state index contributed by atoms with van der Waals surface area (Å²) in [6.07, 6.45) is 0. The largest absolute Gasteiger partial charge is 0.356 e. The van der Waals surface area contributed by atoms with Crippen molar-refractivity contribution in [3.05, 3.63) is 62.3 Å². The minimum absolute atomic E-state index is 0.0130. The number of benzene rings is 1. The van der Waals surface area contributed by atoms with E-state index in [0.29, 0.717) is 12.5 Å². The topological polar surface area (TPSA) is 79.6 Å². The molecule has 0 saturated carbocycles. The number of hydrogen-bond donors (Lipinski definition) is 2. The molecule has 0 aliphatic carbocycles. The van der Waals surface area contributed by atoms with Crippen LogP contribution in [-0.4, -0.2) is 24.5 Å². The second kappa shape index (κ2) is 7.92. The number of guanidine groups is 1. The van der Waals surface area contributed by atoms with Gasteiger partial charge in [-0.3, -0.25) is 15.1 Å². The molecule has 2 aromatic rings. The molecule has 1 aromatic carbocycles. The lowest BCUT2D eigenvalue weighted by molar-refractivity contribution is -0.384. The van der Waals surface area contributed by atoms with Gasteiger partial charge in [-0.15, -0.1) is 11.3 Å². The molecule has 0 radical (unpaired) electrons. The number of rotatable bonds is 6. The van der Waals surface area contributed by atoms with Crippen LogP contribution in [0.1, 0.15) is 24.3 Å². The van der Waals surface area contributed by atoms with Crippen molar-refractivity contribution in [3.8, 4) is 0 Å². The number of nitrogens with one attached hydrogen (secondary N) is 2. The van der Waals surface area contributed by atoms with Crippen LogP contribution in [0, 0.1) is 10.1 Å². The van der Waals surface area contributed by atoms with E-state index < -0.39 is 4.92 Å². The van der Waals surface area contributed by atoms with Crippen LogP contribution < -0.4 is 10.6 Å². The Hall–Kier alpha value is -2.41. The average molecular weight is 346 g/mol. The van der Waals surface area contributed by atoms with Crippen molar-refractivity contribution < 1.29 is 4.92 Å². The number of hydrogen-bond acceptors (Lipinski definition) is 4. The van der Waals surface area contributed by atoms with Gasteiger partial charge in [0, 0.05) is 42.6 Å². The molecule has 0 saturated heterocycles. The van der Waals surface area contributed by atoms with Crippen LogP contribution in [0.15, 0.2) is 46.8 Å². The molecule has 0 amide bonds. The summed E-state index contributed by atoms with van der Waals surface area (Å²) in [5.41, 5.74) is 1.07. The third-order valence-electron chi connectivity index (χ3n) is 3.72. The zero-order chi connectivity index (χ0) is 17.6. The van der Waals surface area contributed by atoms with Crippen LogP contribution in [-0.2, 0) is 12.0 Å². The van der Waals surface area contributed by atoms with Crippen molar-refractivity contribution in [2.75, 3.05) is 13.6 Å². The number of aliphatic imine (C=N–C) groups is 1. The molecule has 0 fully saturated rings. The molecule has 1 aromatic heterocycles. The van der Waals surface area contributed by atoms with Gasteiger partial charge in [0.1, 0.15) is 0 Å². The first kappa shape index (κ1) is 17.9. The minimum Gasteiger partial charge on any atom is -0.356 e. The lowest BCUT2D eigenvalue weighted by Gasteiger charge is -2.25. The van der Waals surface area contributed by atoms with E-state index in [0.717, 1.165) is 12.1 Å². The summed E-state index contributed by atoms with van der Waals surface area (Å²) in [4.78, 5) is 15.8. The molecule has 0 aliphatic rings. The van der Waals surface area contributed by atoms with Crippen molar-refractivity contribution >= 4 is 23.0 Å². The highest BCUT2D eigenvalue weighted by molar-refractivity contribution is 7.10. The van der Waals surface area contributed by atoms with E-state index in [1.54, 1.807) is 30.5 Å². The molecule has 0 atom stereocenters. The Balaban J connectivity index is 1.87. The van der Waals surface area contributed by atoms with Crippen LogP contribution in [0.25, 0.3) is 0 Å². The molecule has 128 valence electrons. The maximum absolute atomic E-state index is 10.7. The smallest absolute Gasteiger partial charge is 0.269 e. The standard InChI is InChI=1S/C17H22N4O2S/c1-17(2,15-5-4-10-24-15)12-20-16(18-3)19-11-13-6-8-14(9-7-13)21(22)23/h4-10H,11-12H2,1-3H3,(H2,18,19,20).